The molecule has 0 fully saturated rings. The highest BCUT2D eigenvalue weighted by atomic mass is 19.1. The van der Waals surface area contributed by atoms with Crippen molar-refractivity contribution < 1.29 is 9.13 Å². The third-order valence-corrected chi connectivity index (χ3v) is 2.46. The Hall–Kier alpha value is -1.78. The van der Waals surface area contributed by atoms with Crippen LogP contribution in [0.3, 0.4) is 0 Å². The minimum absolute atomic E-state index is 0.116. The van der Waals surface area contributed by atoms with Crippen LogP contribution in [-0.2, 0) is 0 Å². The maximum Gasteiger partial charge on any atom is 0.188 e. The fourth-order valence-corrected chi connectivity index (χ4v) is 1.52. The molecule has 1 rings (SSSR count). The number of hydrogen-bond acceptors (Lipinski definition) is 2. The van der Waals surface area contributed by atoms with E-state index in [0.29, 0.717) is 18.3 Å². The predicted molar refractivity (Wildman–Crippen MR) is 75.9 cm³/mol. The molecular weight excluding hydrogens is 245 g/mol. The number of guanidine groups is 1. The Bertz CT molecular complexity index is 421. The van der Waals surface area contributed by atoms with E-state index in [1.165, 1.54) is 12.1 Å². The number of nitrogens with two attached hydrogens (primary N) is 1. The SMILES string of the molecule is CCC(CN=C(N)NC(C)C)Oc1cccc(F)c1. The first kappa shape index (κ1) is 15.3. The summed E-state index contributed by atoms with van der Waals surface area (Å²) < 4.78 is 18.7. The van der Waals surface area contributed by atoms with Gasteiger partial charge in [0.05, 0.1) is 6.54 Å². The number of ether oxygens (including phenoxy) is 1. The molecule has 0 saturated heterocycles. The first-order valence-corrected chi connectivity index (χ1v) is 6.50. The number of hydrogen-bond donors (Lipinski definition) is 2. The molecule has 19 heavy (non-hydrogen) atoms. The topological polar surface area (TPSA) is 59.6 Å². The molecule has 3 N–H and O–H groups in total. The van der Waals surface area contributed by atoms with E-state index >= 15 is 0 Å². The molecule has 0 aliphatic carbocycles. The zero-order chi connectivity index (χ0) is 14.3. The monoisotopic (exact) mass is 267 g/mol. The molecular formula is C14H22FN3O. The van der Waals surface area contributed by atoms with Crippen molar-refractivity contribution in [1.29, 1.82) is 0 Å². The summed E-state index contributed by atoms with van der Waals surface area (Å²) in [5, 5.41) is 3.01. The molecule has 0 aliphatic heterocycles. The number of halogens is 1. The van der Waals surface area contributed by atoms with Crippen LogP contribution in [0.5, 0.6) is 5.75 Å². The first-order chi connectivity index (χ1) is 9.01. The quantitative estimate of drug-likeness (QED) is 0.614. The molecule has 5 heteroatoms. The second-order valence-corrected chi connectivity index (χ2v) is 4.63. The maximum atomic E-state index is 13.0. The van der Waals surface area contributed by atoms with Crippen LogP contribution in [0.25, 0.3) is 0 Å². The number of rotatable bonds is 6. The molecule has 1 atom stereocenters. The summed E-state index contributed by atoms with van der Waals surface area (Å²) in [6, 6.07) is 6.34. The summed E-state index contributed by atoms with van der Waals surface area (Å²) in [6.45, 7) is 6.41. The van der Waals surface area contributed by atoms with Gasteiger partial charge in [-0.2, -0.15) is 0 Å². The van der Waals surface area contributed by atoms with Crippen LogP contribution < -0.4 is 15.8 Å². The van der Waals surface area contributed by atoms with E-state index in [4.69, 9.17) is 10.5 Å². The van der Waals surface area contributed by atoms with Gasteiger partial charge >= 0.3 is 0 Å². The zero-order valence-electron chi connectivity index (χ0n) is 11.7. The fraction of sp³-hybridized carbons (Fsp3) is 0.500. The van der Waals surface area contributed by atoms with Gasteiger partial charge in [0.25, 0.3) is 0 Å². The summed E-state index contributed by atoms with van der Waals surface area (Å²) in [4.78, 5) is 4.22. The molecule has 1 aromatic carbocycles. The van der Waals surface area contributed by atoms with E-state index in [9.17, 15) is 4.39 Å². The van der Waals surface area contributed by atoms with Gasteiger partial charge in [0.2, 0.25) is 0 Å². The van der Waals surface area contributed by atoms with E-state index in [2.05, 4.69) is 10.3 Å². The number of nitrogens with one attached hydrogen (secondary N) is 1. The molecule has 0 saturated carbocycles. The van der Waals surface area contributed by atoms with Gasteiger partial charge in [-0.25, -0.2) is 9.38 Å². The van der Waals surface area contributed by atoms with Crippen LogP contribution in [0.15, 0.2) is 29.3 Å². The van der Waals surface area contributed by atoms with Crippen LogP contribution in [0.2, 0.25) is 0 Å². The molecule has 1 aromatic rings. The van der Waals surface area contributed by atoms with Crippen molar-refractivity contribution in [2.75, 3.05) is 6.54 Å². The summed E-state index contributed by atoms with van der Waals surface area (Å²) in [5.41, 5.74) is 5.72. The maximum absolute atomic E-state index is 13.0. The second kappa shape index (κ2) is 7.61. The Morgan fingerprint density at radius 3 is 2.79 bits per heavy atom. The molecule has 0 bridgehead atoms. The summed E-state index contributed by atoms with van der Waals surface area (Å²) >= 11 is 0. The molecule has 1 unspecified atom stereocenters. The Balaban J connectivity index is 2.54. The minimum Gasteiger partial charge on any atom is -0.488 e. The third kappa shape index (κ3) is 6.08. The number of aliphatic imine (C=N–C) groups is 1. The Morgan fingerprint density at radius 1 is 1.47 bits per heavy atom. The van der Waals surface area contributed by atoms with Crippen molar-refractivity contribution in [3.05, 3.63) is 30.1 Å². The average molecular weight is 267 g/mol. The predicted octanol–water partition coefficient (Wildman–Crippen LogP) is 2.30. The molecule has 4 nitrogen and oxygen atoms in total. The van der Waals surface area contributed by atoms with Gasteiger partial charge in [0.1, 0.15) is 17.7 Å². The Morgan fingerprint density at radius 2 is 2.21 bits per heavy atom. The van der Waals surface area contributed by atoms with Gasteiger partial charge in [-0.1, -0.05) is 13.0 Å². The van der Waals surface area contributed by atoms with E-state index < -0.39 is 0 Å². The van der Waals surface area contributed by atoms with Crippen molar-refractivity contribution in [2.45, 2.75) is 39.3 Å². The summed E-state index contributed by atoms with van der Waals surface area (Å²) in [6.07, 6.45) is 0.656. The molecule has 0 spiro atoms. The van der Waals surface area contributed by atoms with Gasteiger partial charge in [0, 0.05) is 12.1 Å². The van der Waals surface area contributed by atoms with Crippen LogP contribution in [0.4, 0.5) is 4.39 Å². The van der Waals surface area contributed by atoms with Crippen LogP contribution in [-0.4, -0.2) is 24.7 Å². The van der Waals surface area contributed by atoms with E-state index in [1.807, 2.05) is 20.8 Å². The number of benzene rings is 1. The smallest absolute Gasteiger partial charge is 0.188 e. The molecule has 0 heterocycles. The highest BCUT2D eigenvalue weighted by molar-refractivity contribution is 5.78. The largest absolute Gasteiger partial charge is 0.488 e. The highest BCUT2D eigenvalue weighted by Crippen LogP contribution is 2.15. The van der Waals surface area contributed by atoms with Gasteiger partial charge in [-0.05, 0) is 32.4 Å². The lowest BCUT2D eigenvalue weighted by Gasteiger charge is -2.16. The van der Waals surface area contributed by atoms with Gasteiger partial charge in [-0.15, -0.1) is 0 Å². The molecule has 0 aromatic heterocycles. The Kier molecular flexibility index (Phi) is 6.12. The standard InChI is InChI=1S/C14H22FN3O/c1-4-12(9-17-14(16)18-10(2)3)19-13-7-5-6-11(15)8-13/h5-8,10,12H,4,9H2,1-3H3,(H3,16,17,18). The van der Waals surface area contributed by atoms with E-state index in [0.717, 1.165) is 6.42 Å². The lowest BCUT2D eigenvalue weighted by atomic mass is 10.2. The summed E-state index contributed by atoms with van der Waals surface area (Å²) in [7, 11) is 0. The lowest BCUT2D eigenvalue weighted by molar-refractivity contribution is 0.205. The molecule has 0 radical (unpaired) electrons. The van der Waals surface area contributed by atoms with Gasteiger partial charge in [-0.3, -0.25) is 0 Å². The van der Waals surface area contributed by atoms with Crippen molar-refractivity contribution >= 4 is 5.96 Å². The average Bonchev–Trinajstić information content (AvgIpc) is 2.33. The lowest BCUT2D eigenvalue weighted by Crippen LogP contribution is -2.37. The van der Waals surface area contributed by atoms with Crippen LogP contribution in [0, 0.1) is 5.82 Å². The van der Waals surface area contributed by atoms with Crippen molar-refractivity contribution in [3.8, 4) is 5.75 Å². The highest BCUT2D eigenvalue weighted by Gasteiger charge is 2.08. The number of nitrogens with zero attached hydrogens (tertiary/aromatic N) is 1. The minimum atomic E-state index is -0.308. The van der Waals surface area contributed by atoms with E-state index in [-0.39, 0.29) is 18.0 Å². The fourth-order valence-electron chi connectivity index (χ4n) is 1.52. The van der Waals surface area contributed by atoms with Gasteiger partial charge < -0.3 is 15.8 Å². The normalized spacial score (nSPS) is 13.4. The van der Waals surface area contributed by atoms with Gasteiger partial charge in [0.15, 0.2) is 5.96 Å². The van der Waals surface area contributed by atoms with E-state index in [1.54, 1.807) is 12.1 Å². The molecule has 0 amide bonds. The van der Waals surface area contributed by atoms with Crippen molar-refractivity contribution in [2.24, 2.45) is 10.7 Å². The summed E-state index contributed by atoms with van der Waals surface area (Å²) in [5.74, 6) is 0.602. The second-order valence-electron chi connectivity index (χ2n) is 4.63. The first-order valence-electron chi connectivity index (χ1n) is 6.50. The molecule has 106 valence electrons. The molecule has 0 aliphatic rings. The van der Waals surface area contributed by atoms with Crippen LogP contribution in [0.1, 0.15) is 27.2 Å². The van der Waals surface area contributed by atoms with Crippen molar-refractivity contribution in [1.82, 2.24) is 5.32 Å². The Labute approximate surface area is 113 Å². The van der Waals surface area contributed by atoms with Crippen LogP contribution >= 0.6 is 0 Å². The zero-order valence-corrected chi connectivity index (χ0v) is 11.7. The third-order valence-electron chi connectivity index (χ3n) is 2.46. The van der Waals surface area contributed by atoms with Crippen molar-refractivity contribution in [3.63, 3.8) is 0 Å².